The molecule has 0 spiro atoms. The van der Waals surface area contributed by atoms with Crippen molar-refractivity contribution < 1.29 is 0 Å². The lowest BCUT2D eigenvalue weighted by atomic mass is 9.76. The summed E-state index contributed by atoms with van der Waals surface area (Å²) in [6.07, 6.45) is 4.60. The summed E-state index contributed by atoms with van der Waals surface area (Å²) >= 11 is 0. The topological polar surface area (TPSA) is 0 Å². The van der Waals surface area contributed by atoms with Gasteiger partial charge in [0.05, 0.1) is 0 Å². The molecule has 18 heavy (non-hydrogen) atoms. The minimum atomic E-state index is 0.0222. The fraction of sp³-hybridized carbons (Fsp3) is 0.222. The fourth-order valence-corrected chi connectivity index (χ4v) is 3.21. The van der Waals surface area contributed by atoms with Crippen LogP contribution in [-0.4, -0.2) is 0 Å². The van der Waals surface area contributed by atoms with E-state index in [1.165, 1.54) is 27.8 Å². The fourth-order valence-electron chi connectivity index (χ4n) is 3.21. The third-order valence-electron chi connectivity index (χ3n) is 4.00. The Morgan fingerprint density at radius 1 is 0.944 bits per heavy atom. The standard InChI is InChI=1S/C18H18/c1-13-11-14(2)17-15(12-13)9-10-18(17,3)16-7-5-4-6-8-16/h4-12H,1-3H3. The van der Waals surface area contributed by atoms with E-state index in [0.29, 0.717) is 0 Å². The third-order valence-corrected chi connectivity index (χ3v) is 4.00. The molecule has 0 amide bonds. The summed E-state index contributed by atoms with van der Waals surface area (Å²) < 4.78 is 0. The summed E-state index contributed by atoms with van der Waals surface area (Å²) in [5.41, 5.74) is 6.95. The van der Waals surface area contributed by atoms with Crippen molar-refractivity contribution in [3.05, 3.63) is 76.4 Å². The number of rotatable bonds is 1. The van der Waals surface area contributed by atoms with Crippen LogP contribution in [0, 0.1) is 13.8 Å². The van der Waals surface area contributed by atoms with Crippen LogP contribution in [0.5, 0.6) is 0 Å². The van der Waals surface area contributed by atoms with Gasteiger partial charge in [0.15, 0.2) is 0 Å². The van der Waals surface area contributed by atoms with Crippen LogP contribution in [0.4, 0.5) is 0 Å². The van der Waals surface area contributed by atoms with Crippen molar-refractivity contribution in [2.45, 2.75) is 26.2 Å². The summed E-state index contributed by atoms with van der Waals surface area (Å²) in [6, 6.07) is 15.3. The summed E-state index contributed by atoms with van der Waals surface area (Å²) in [6.45, 7) is 6.70. The van der Waals surface area contributed by atoms with Crippen molar-refractivity contribution in [3.8, 4) is 0 Å². The predicted molar refractivity (Wildman–Crippen MR) is 77.8 cm³/mol. The largest absolute Gasteiger partial charge is 0.0692 e. The van der Waals surface area contributed by atoms with Crippen LogP contribution in [0.15, 0.2) is 48.5 Å². The molecule has 0 bridgehead atoms. The molecule has 0 N–H and O–H groups in total. The minimum Gasteiger partial charge on any atom is -0.0692 e. The second kappa shape index (κ2) is 3.84. The monoisotopic (exact) mass is 234 g/mol. The Bertz CT molecular complexity index is 620. The Morgan fingerprint density at radius 3 is 2.39 bits per heavy atom. The van der Waals surface area contributed by atoms with Crippen molar-refractivity contribution >= 4 is 6.08 Å². The van der Waals surface area contributed by atoms with Gasteiger partial charge in [0.1, 0.15) is 0 Å². The Kier molecular flexibility index (Phi) is 2.41. The molecule has 0 saturated carbocycles. The molecule has 2 aromatic carbocycles. The summed E-state index contributed by atoms with van der Waals surface area (Å²) in [5.74, 6) is 0. The van der Waals surface area contributed by atoms with E-state index in [4.69, 9.17) is 0 Å². The second-order valence-corrected chi connectivity index (χ2v) is 5.45. The molecular weight excluding hydrogens is 216 g/mol. The molecule has 0 heteroatoms. The van der Waals surface area contributed by atoms with Crippen molar-refractivity contribution in [1.29, 1.82) is 0 Å². The molecule has 0 heterocycles. The lowest BCUT2D eigenvalue weighted by Crippen LogP contribution is -2.20. The van der Waals surface area contributed by atoms with Gasteiger partial charge in [0, 0.05) is 5.41 Å². The number of aryl methyl sites for hydroxylation is 2. The molecule has 1 atom stereocenters. The van der Waals surface area contributed by atoms with Gasteiger partial charge in [0.2, 0.25) is 0 Å². The zero-order valence-corrected chi connectivity index (χ0v) is 11.2. The van der Waals surface area contributed by atoms with Crippen LogP contribution >= 0.6 is 0 Å². The maximum absolute atomic E-state index is 2.33. The van der Waals surface area contributed by atoms with E-state index in [-0.39, 0.29) is 5.41 Å². The van der Waals surface area contributed by atoms with Gasteiger partial charge < -0.3 is 0 Å². The van der Waals surface area contributed by atoms with Crippen molar-refractivity contribution in [2.24, 2.45) is 0 Å². The lowest BCUT2D eigenvalue weighted by Gasteiger charge is -2.27. The maximum Gasteiger partial charge on any atom is 0.0365 e. The highest BCUT2D eigenvalue weighted by atomic mass is 14.4. The Labute approximate surface area is 109 Å². The highest BCUT2D eigenvalue weighted by molar-refractivity contribution is 5.70. The SMILES string of the molecule is Cc1cc(C)c2c(c1)C=CC2(C)c1ccccc1. The number of fused-ring (bicyclic) bond motifs is 1. The van der Waals surface area contributed by atoms with Gasteiger partial charge >= 0.3 is 0 Å². The van der Waals surface area contributed by atoms with Gasteiger partial charge in [-0.25, -0.2) is 0 Å². The molecule has 0 nitrogen and oxygen atoms in total. The van der Waals surface area contributed by atoms with E-state index in [1.54, 1.807) is 0 Å². The second-order valence-electron chi connectivity index (χ2n) is 5.45. The van der Waals surface area contributed by atoms with Gasteiger partial charge in [-0.3, -0.25) is 0 Å². The maximum atomic E-state index is 2.33. The molecule has 1 aliphatic rings. The van der Waals surface area contributed by atoms with E-state index in [9.17, 15) is 0 Å². The summed E-state index contributed by atoms with van der Waals surface area (Å²) in [7, 11) is 0. The van der Waals surface area contributed by atoms with Crippen LogP contribution in [0.1, 0.15) is 34.7 Å². The van der Waals surface area contributed by atoms with Crippen LogP contribution in [0.25, 0.3) is 6.08 Å². The molecule has 0 aliphatic heterocycles. The lowest BCUT2D eigenvalue weighted by molar-refractivity contribution is 0.731. The first-order valence-corrected chi connectivity index (χ1v) is 6.48. The quantitative estimate of drug-likeness (QED) is 0.674. The van der Waals surface area contributed by atoms with E-state index in [2.05, 4.69) is 75.4 Å². The molecule has 0 saturated heterocycles. The van der Waals surface area contributed by atoms with Crippen molar-refractivity contribution in [2.75, 3.05) is 0 Å². The molecule has 0 fully saturated rings. The van der Waals surface area contributed by atoms with Gasteiger partial charge in [-0.2, -0.15) is 0 Å². The van der Waals surface area contributed by atoms with Gasteiger partial charge in [-0.05, 0) is 43.0 Å². The average molecular weight is 234 g/mol. The Morgan fingerprint density at radius 2 is 1.67 bits per heavy atom. The number of hydrogen-bond donors (Lipinski definition) is 0. The van der Waals surface area contributed by atoms with Crippen molar-refractivity contribution in [1.82, 2.24) is 0 Å². The van der Waals surface area contributed by atoms with Crippen LogP contribution in [0.2, 0.25) is 0 Å². The average Bonchev–Trinajstić information content (AvgIpc) is 2.69. The molecule has 1 unspecified atom stereocenters. The first kappa shape index (κ1) is 11.3. The number of benzene rings is 2. The summed E-state index contributed by atoms with van der Waals surface area (Å²) in [5, 5.41) is 0. The normalized spacial score (nSPS) is 21.1. The molecule has 3 rings (SSSR count). The molecule has 0 radical (unpaired) electrons. The van der Waals surface area contributed by atoms with E-state index in [0.717, 1.165) is 0 Å². The predicted octanol–water partition coefficient (Wildman–Crippen LogP) is 4.64. The first-order chi connectivity index (χ1) is 8.61. The zero-order valence-electron chi connectivity index (χ0n) is 11.2. The first-order valence-electron chi connectivity index (χ1n) is 6.48. The van der Waals surface area contributed by atoms with Crippen LogP contribution in [0.3, 0.4) is 0 Å². The molecule has 0 aromatic heterocycles. The number of allylic oxidation sites excluding steroid dienone is 1. The van der Waals surface area contributed by atoms with Gasteiger partial charge in [-0.1, -0.05) is 60.2 Å². The summed E-state index contributed by atoms with van der Waals surface area (Å²) in [4.78, 5) is 0. The van der Waals surface area contributed by atoms with Crippen LogP contribution < -0.4 is 0 Å². The highest BCUT2D eigenvalue weighted by Crippen LogP contribution is 2.43. The third kappa shape index (κ3) is 1.53. The minimum absolute atomic E-state index is 0.0222. The molecule has 90 valence electrons. The molecule has 1 aliphatic carbocycles. The van der Waals surface area contributed by atoms with E-state index >= 15 is 0 Å². The van der Waals surface area contributed by atoms with E-state index < -0.39 is 0 Å². The zero-order chi connectivity index (χ0) is 12.8. The smallest absolute Gasteiger partial charge is 0.0365 e. The molecule has 2 aromatic rings. The van der Waals surface area contributed by atoms with Crippen LogP contribution in [-0.2, 0) is 5.41 Å². The van der Waals surface area contributed by atoms with Gasteiger partial charge in [0.25, 0.3) is 0 Å². The van der Waals surface area contributed by atoms with Crippen molar-refractivity contribution in [3.63, 3.8) is 0 Å². The number of hydrogen-bond acceptors (Lipinski definition) is 0. The Hall–Kier alpha value is -1.82. The van der Waals surface area contributed by atoms with Gasteiger partial charge in [-0.15, -0.1) is 0 Å². The highest BCUT2D eigenvalue weighted by Gasteiger charge is 2.33. The Balaban J connectivity index is 2.24. The van der Waals surface area contributed by atoms with E-state index in [1.807, 2.05) is 0 Å². The molecular formula is C18H18.